The number of hydrogen-bond donors (Lipinski definition) is 1. The summed E-state index contributed by atoms with van der Waals surface area (Å²) in [6.45, 7) is 3.59. The molecular weight excluding hydrogens is 282 g/mol. The van der Waals surface area contributed by atoms with E-state index in [0.29, 0.717) is 11.7 Å². The standard InChI is InChI=1S/C17H19NO4/c1-10-7-13(10)17(20)21-9-16(19)18-11(2)15-8-12-5-3-4-6-14(12)22-15/h3-6,8,10-11,13H,7,9H2,1-2H3,(H,18,19)/t10-,11+,13+/m1/s1. The maximum absolute atomic E-state index is 11.8. The van der Waals surface area contributed by atoms with E-state index in [-0.39, 0.29) is 30.4 Å². The number of esters is 1. The van der Waals surface area contributed by atoms with Crippen molar-refractivity contribution < 1.29 is 18.7 Å². The fraction of sp³-hybridized carbons (Fsp3) is 0.412. The number of benzene rings is 1. The smallest absolute Gasteiger partial charge is 0.309 e. The summed E-state index contributed by atoms with van der Waals surface area (Å²) in [5.74, 6) is 0.427. The van der Waals surface area contributed by atoms with Gasteiger partial charge in [0.1, 0.15) is 11.3 Å². The summed E-state index contributed by atoms with van der Waals surface area (Å²) in [6, 6.07) is 9.29. The molecule has 1 aromatic carbocycles. The van der Waals surface area contributed by atoms with Gasteiger partial charge < -0.3 is 14.5 Å². The number of amides is 1. The topological polar surface area (TPSA) is 68.5 Å². The van der Waals surface area contributed by atoms with Gasteiger partial charge in [0.15, 0.2) is 6.61 Å². The lowest BCUT2D eigenvalue weighted by atomic mass is 10.2. The zero-order chi connectivity index (χ0) is 15.7. The Morgan fingerprint density at radius 2 is 2.14 bits per heavy atom. The first kappa shape index (κ1) is 14.6. The van der Waals surface area contributed by atoms with E-state index < -0.39 is 0 Å². The van der Waals surface area contributed by atoms with Crippen molar-refractivity contribution in [1.82, 2.24) is 5.32 Å². The van der Waals surface area contributed by atoms with Crippen LogP contribution in [-0.4, -0.2) is 18.5 Å². The van der Waals surface area contributed by atoms with Gasteiger partial charge in [-0.05, 0) is 31.4 Å². The van der Waals surface area contributed by atoms with E-state index in [1.807, 2.05) is 44.2 Å². The highest BCUT2D eigenvalue weighted by molar-refractivity contribution is 5.83. The van der Waals surface area contributed by atoms with Crippen LogP contribution in [0.3, 0.4) is 0 Å². The van der Waals surface area contributed by atoms with Crippen LogP contribution in [0.15, 0.2) is 34.7 Å². The van der Waals surface area contributed by atoms with E-state index in [1.54, 1.807) is 0 Å². The zero-order valence-corrected chi connectivity index (χ0v) is 12.7. The van der Waals surface area contributed by atoms with Crippen LogP contribution in [0.4, 0.5) is 0 Å². The molecule has 1 saturated carbocycles. The summed E-state index contributed by atoms with van der Waals surface area (Å²) in [4.78, 5) is 23.4. The largest absolute Gasteiger partial charge is 0.459 e. The van der Waals surface area contributed by atoms with Gasteiger partial charge in [-0.1, -0.05) is 25.1 Å². The average Bonchev–Trinajstić information content (AvgIpc) is 3.07. The highest BCUT2D eigenvalue weighted by Crippen LogP contribution is 2.38. The van der Waals surface area contributed by atoms with Gasteiger partial charge in [-0.25, -0.2) is 0 Å². The molecule has 0 radical (unpaired) electrons. The maximum Gasteiger partial charge on any atom is 0.309 e. The molecule has 3 rings (SSSR count). The monoisotopic (exact) mass is 301 g/mol. The number of carbonyl (C=O) groups excluding carboxylic acids is 2. The molecule has 3 atom stereocenters. The van der Waals surface area contributed by atoms with Crippen LogP contribution in [0, 0.1) is 11.8 Å². The van der Waals surface area contributed by atoms with Crippen molar-refractivity contribution >= 4 is 22.8 Å². The summed E-state index contributed by atoms with van der Waals surface area (Å²) in [5, 5.41) is 3.77. The fourth-order valence-electron chi connectivity index (χ4n) is 2.46. The van der Waals surface area contributed by atoms with E-state index >= 15 is 0 Å². The highest BCUT2D eigenvalue weighted by Gasteiger charge is 2.40. The van der Waals surface area contributed by atoms with Crippen LogP contribution in [0.1, 0.15) is 32.1 Å². The zero-order valence-electron chi connectivity index (χ0n) is 12.7. The van der Waals surface area contributed by atoms with Crippen molar-refractivity contribution in [1.29, 1.82) is 0 Å². The number of ether oxygens (including phenoxy) is 1. The molecule has 5 nitrogen and oxygen atoms in total. The van der Waals surface area contributed by atoms with Crippen LogP contribution in [0.25, 0.3) is 11.0 Å². The Kier molecular flexibility index (Phi) is 3.88. The minimum atomic E-state index is -0.324. The van der Waals surface area contributed by atoms with Crippen LogP contribution in [0.5, 0.6) is 0 Å². The number of para-hydroxylation sites is 1. The van der Waals surface area contributed by atoms with Crippen molar-refractivity contribution in [2.24, 2.45) is 11.8 Å². The predicted molar refractivity (Wildman–Crippen MR) is 81.0 cm³/mol. The lowest BCUT2D eigenvalue weighted by Gasteiger charge is -2.11. The quantitative estimate of drug-likeness (QED) is 0.862. The molecule has 2 aromatic rings. The average molecular weight is 301 g/mol. The van der Waals surface area contributed by atoms with Gasteiger partial charge in [0.05, 0.1) is 12.0 Å². The highest BCUT2D eigenvalue weighted by atomic mass is 16.5. The minimum Gasteiger partial charge on any atom is -0.459 e. The van der Waals surface area contributed by atoms with Gasteiger partial charge >= 0.3 is 5.97 Å². The van der Waals surface area contributed by atoms with Gasteiger partial charge in [0.2, 0.25) is 0 Å². The fourth-order valence-corrected chi connectivity index (χ4v) is 2.46. The molecule has 1 N–H and O–H groups in total. The summed E-state index contributed by atoms with van der Waals surface area (Å²) in [7, 11) is 0. The molecule has 1 aliphatic carbocycles. The second kappa shape index (κ2) is 5.83. The molecule has 0 aliphatic heterocycles. The Labute approximate surface area is 128 Å². The van der Waals surface area contributed by atoms with Gasteiger partial charge in [-0.2, -0.15) is 0 Å². The second-order valence-electron chi connectivity index (χ2n) is 5.90. The molecule has 5 heteroatoms. The molecule has 0 spiro atoms. The molecule has 1 aliphatic rings. The van der Waals surface area contributed by atoms with Crippen molar-refractivity contribution in [3.8, 4) is 0 Å². The molecule has 1 amide bonds. The molecule has 1 fully saturated rings. The SMILES string of the molecule is C[C@H](NC(=O)COC(=O)[C@H]1C[C@H]1C)c1cc2ccccc2o1. The Balaban J connectivity index is 1.53. The van der Waals surface area contributed by atoms with E-state index in [0.717, 1.165) is 17.4 Å². The Morgan fingerprint density at radius 1 is 1.41 bits per heavy atom. The van der Waals surface area contributed by atoms with Crippen molar-refractivity contribution in [2.45, 2.75) is 26.3 Å². The van der Waals surface area contributed by atoms with Crippen molar-refractivity contribution in [2.75, 3.05) is 6.61 Å². The number of hydrogen-bond acceptors (Lipinski definition) is 4. The van der Waals surface area contributed by atoms with Gasteiger partial charge in [-0.15, -0.1) is 0 Å². The molecular formula is C17H19NO4. The van der Waals surface area contributed by atoms with Crippen molar-refractivity contribution in [3.05, 3.63) is 36.1 Å². The maximum atomic E-state index is 11.8. The third kappa shape index (κ3) is 3.13. The van der Waals surface area contributed by atoms with Gasteiger partial charge in [0.25, 0.3) is 5.91 Å². The second-order valence-corrected chi connectivity index (χ2v) is 5.90. The molecule has 0 unspecified atom stereocenters. The normalized spacial score (nSPS) is 21.4. The Bertz CT molecular complexity index is 673. The van der Waals surface area contributed by atoms with Crippen molar-refractivity contribution in [3.63, 3.8) is 0 Å². The first-order valence-electron chi connectivity index (χ1n) is 7.49. The summed E-state index contributed by atoms with van der Waals surface area (Å²) < 4.78 is 10.7. The van der Waals surface area contributed by atoms with Gasteiger partial charge in [0, 0.05) is 5.39 Å². The molecule has 1 aromatic heterocycles. The minimum absolute atomic E-state index is 0.0272. The summed E-state index contributed by atoms with van der Waals surface area (Å²) in [5.41, 5.74) is 0.785. The van der Waals surface area contributed by atoms with E-state index in [1.165, 1.54) is 0 Å². The van der Waals surface area contributed by atoms with Crippen LogP contribution >= 0.6 is 0 Å². The van der Waals surface area contributed by atoms with E-state index in [9.17, 15) is 9.59 Å². The molecule has 0 saturated heterocycles. The molecule has 116 valence electrons. The molecule has 0 bridgehead atoms. The number of rotatable bonds is 5. The Hall–Kier alpha value is -2.30. The number of carbonyl (C=O) groups is 2. The predicted octanol–water partition coefficient (Wildman–Crippen LogP) is 2.81. The third-order valence-electron chi connectivity index (χ3n) is 4.01. The molecule has 22 heavy (non-hydrogen) atoms. The van der Waals surface area contributed by atoms with Crippen LogP contribution in [0.2, 0.25) is 0 Å². The Morgan fingerprint density at radius 3 is 2.82 bits per heavy atom. The third-order valence-corrected chi connectivity index (χ3v) is 4.01. The summed E-state index contributed by atoms with van der Waals surface area (Å²) in [6.07, 6.45) is 0.857. The lowest BCUT2D eigenvalue weighted by Crippen LogP contribution is -2.31. The lowest BCUT2D eigenvalue weighted by molar-refractivity contribution is -0.150. The van der Waals surface area contributed by atoms with E-state index in [2.05, 4.69) is 5.32 Å². The number of nitrogens with one attached hydrogen (secondary N) is 1. The van der Waals surface area contributed by atoms with Crippen LogP contribution in [-0.2, 0) is 14.3 Å². The molecule has 1 heterocycles. The summed E-state index contributed by atoms with van der Waals surface area (Å²) >= 11 is 0. The first-order chi connectivity index (χ1) is 10.5. The van der Waals surface area contributed by atoms with Gasteiger partial charge in [-0.3, -0.25) is 9.59 Å². The van der Waals surface area contributed by atoms with E-state index in [4.69, 9.17) is 9.15 Å². The van der Waals surface area contributed by atoms with Crippen LogP contribution < -0.4 is 5.32 Å². The first-order valence-corrected chi connectivity index (χ1v) is 7.49. The number of fused-ring (bicyclic) bond motifs is 1. The number of furan rings is 1.